The van der Waals surface area contributed by atoms with Crippen molar-refractivity contribution in [2.75, 3.05) is 19.8 Å². The van der Waals surface area contributed by atoms with Crippen LogP contribution in [0.5, 0.6) is 5.75 Å². The van der Waals surface area contributed by atoms with Crippen LogP contribution in [-0.2, 0) is 16.0 Å². The predicted molar refractivity (Wildman–Crippen MR) is 131 cm³/mol. The lowest BCUT2D eigenvalue weighted by molar-refractivity contribution is 0.0225. The molecule has 0 saturated heterocycles. The van der Waals surface area contributed by atoms with Crippen molar-refractivity contribution in [2.45, 2.75) is 53.7 Å². The van der Waals surface area contributed by atoms with Gasteiger partial charge in [-0.15, -0.1) is 0 Å². The molecule has 0 radical (unpaired) electrons. The van der Waals surface area contributed by atoms with Crippen LogP contribution >= 0.6 is 0 Å². The first-order valence-electron chi connectivity index (χ1n) is 11.8. The quantitative estimate of drug-likeness (QED) is 0.531. The van der Waals surface area contributed by atoms with Crippen molar-refractivity contribution < 1.29 is 23.8 Å². The molecule has 9 heteroatoms. The number of carbonyl (C=O) groups is 2. The summed E-state index contributed by atoms with van der Waals surface area (Å²) in [5.74, 6) is 1.11. The van der Waals surface area contributed by atoms with Gasteiger partial charge < -0.3 is 24.1 Å². The number of amides is 1. The van der Waals surface area contributed by atoms with Crippen LogP contribution in [0.15, 0.2) is 24.4 Å². The van der Waals surface area contributed by atoms with Crippen molar-refractivity contribution in [3.05, 3.63) is 41.3 Å². The Hall–Kier alpha value is -3.62. The highest BCUT2D eigenvalue weighted by Gasteiger charge is 2.27. The zero-order valence-electron chi connectivity index (χ0n) is 21.1. The monoisotopic (exact) mass is 480 g/mol. The van der Waals surface area contributed by atoms with Crippen LogP contribution < -0.4 is 4.74 Å². The Labute approximate surface area is 204 Å². The SMILES string of the molecule is Cc1nc2ncc(-c3ccc4c(c3)CN(C(=O)OC(C)(C)C)CCO4)c(C(=O)OCC(C)C)c2[nH]1. The van der Waals surface area contributed by atoms with Gasteiger partial charge in [0.05, 0.1) is 25.3 Å². The van der Waals surface area contributed by atoms with Gasteiger partial charge in [0.1, 0.15) is 29.3 Å². The summed E-state index contributed by atoms with van der Waals surface area (Å²) in [6.07, 6.45) is 1.24. The van der Waals surface area contributed by atoms with Crippen molar-refractivity contribution in [3.8, 4) is 16.9 Å². The number of imidazole rings is 1. The van der Waals surface area contributed by atoms with Crippen molar-refractivity contribution in [3.63, 3.8) is 0 Å². The van der Waals surface area contributed by atoms with Crippen LogP contribution in [0.2, 0.25) is 0 Å². The molecule has 0 aliphatic carbocycles. The number of pyridine rings is 1. The maximum Gasteiger partial charge on any atom is 0.410 e. The number of fused-ring (bicyclic) bond motifs is 2. The molecule has 3 heterocycles. The summed E-state index contributed by atoms with van der Waals surface area (Å²) in [6, 6.07) is 5.66. The van der Waals surface area contributed by atoms with E-state index in [1.54, 1.807) is 11.1 Å². The number of ether oxygens (including phenoxy) is 3. The van der Waals surface area contributed by atoms with Gasteiger partial charge in [0.2, 0.25) is 0 Å². The van der Waals surface area contributed by atoms with E-state index in [1.807, 2.05) is 59.7 Å². The Bertz CT molecular complexity index is 1260. The summed E-state index contributed by atoms with van der Waals surface area (Å²) in [7, 11) is 0. The number of hydrogen-bond donors (Lipinski definition) is 1. The maximum absolute atomic E-state index is 13.2. The van der Waals surface area contributed by atoms with E-state index in [2.05, 4.69) is 15.0 Å². The summed E-state index contributed by atoms with van der Waals surface area (Å²) < 4.78 is 17.0. The Morgan fingerprint density at radius 3 is 2.74 bits per heavy atom. The number of aromatic nitrogens is 3. The number of nitrogens with one attached hydrogen (secondary N) is 1. The van der Waals surface area contributed by atoms with Gasteiger partial charge in [-0.05, 0) is 51.3 Å². The second-order valence-electron chi connectivity index (χ2n) is 10.1. The number of nitrogens with zero attached hydrogens (tertiary/aromatic N) is 3. The van der Waals surface area contributed by atoms with Gasteiger partial charge in [-0.3, -0.25) is 0 Å². The minimum Gasteiger partial charge on any atom is -0.491 e. The molecule has 1 aliphatic heterocycles. The molecule has 1 aliphatic rings. The maximum atomic E-state index is 13.2. The Morgan fingerprint density at radius 2 is 2.03 bits per heavy atom. The third-order valence-electron chi connectivity index (χ3n) is 5.39. The topological polar surface area (TPSA) is 107 Å². The first-order chi connectivity index (χ1) is 16.5. The van der Waals surface area contributed by atoms with Crippen LogP contribution in [0.3, 0.4) is 0 Å². The smallest absolute Gasteiger partial charge is 0.410 e. The molecule has 186 valence electrons. The molecule has 35 heavy (non-hydrogen) atoms. The zero-order chi connectivity index (χ0) is 25.3. The van der Waals surface area contributed by atoms with E-state index in [9.17, 15) is 9.59 Å². The van der Waals surface area contributed by atoms with Gasteiger partial charge in [0, 0.05) is 17.3 Å². The molecule has 1 N–H and O–H groups in total. The number of benzene rings is 1. The van der Waals surface area contributed by atoms with E-state index in [1.165, 1.54) is 0 Å². The molecule has 0 atom stereocenters. The van der Waals surface area contributed by atoms with Gasteiger partial charge in [0.25, 0.3) is 0 Å². The standard InChI is InChI=1S/C26H32N4O5/c1-15(2)14-34-24(31)21-19(12-27-23-22(21)28-16(3)29-23)17-7-8-20-18(11-17)13-30(9-10-33-20)25(32)35-26(4,5)6/h7-8,11-12,15H,9-10,13-14H2,1-6H3,(H,27,28,29). The molecule has 0 fully saturated rings. The summed E-state index contributed by atoms with van der Waals surface area (Å²) in [5.41, 5.74) is 2.97. The van der Waals surface area contributed by atoms with E-state index >= 15 is 0 Å². The summed E-state index contributed by atoms with van der Waals surface area (Å²) in [6.45, 7) is 12.7. The number of hydrogen-bond acceptors (Lipinski definition) is 7. The summed E-state index contributed by atoms with van der Waals surface area (Å²) in [4.78, 5) is 39.5. The van der Waals surface area contributed by atoms with Crippen LogP contribution in [0.4, 0.5) is 4.79 Å². The van der Waals surface area contributed by atoms with Crippen LogP contribution in [0.25, 0.3) is 22.3 Å². The predicted octanol–water partition coefficient (Wildman–Crippen LogP) is 4.88. The lowest BCUT2D eigenvalue weighted by Gasteiger charge is -2.26. The van der Waals surface area contributed by atoms with Gasteiger partial charge >= 0.3 is 12.1 Å². The fourth-order valence-corrected chi connectivity index (χ4v) is 3.86. The fraction of sp³-hybridized carbons (Fsp3) is 0.462. The van der Waals surface area contributed by atoms with E-state index < -0.39 is 17.7 Å². The van der Waals surface area contributed by atoms with E-state index in [0.29, 0.717) is 60.2 Å². The number of rotatable bonds is 4. The van der Waals surface area contributed by atoms with Gasteiger partial charge in [-0.25, -0.2) is 19.6 Å². The largest absolute Gasteiger partial charge is 0.491 e. The molecule has 1 aromatic carbocycles. The Kier molecular flexibility index (Phi) is 6.69. The van der Waals surface area contributed by atoms with Gasteiger partial charge in [-0.2, -0.15) is 0 Å². The second-order valence-corrected chi connectivity index (χ2v) is 10.1. The van der Waals surface area contributed by atoms with Gasteiger partial charge in [-0.1, -0.05) is 19.9 Å². The third-order valence-corrected chi connectivity index (χ3v) is 5.39. The fourth-order valence-electron chi connectivity index (χ4n) is 3.86. The first kappa shape index (κ1) is 24.5. The van der Waals surface area contributed by atoms with Crippen LogP contribution in [-0.4, -0.2) is 57.3 Å². The zero-order valence-corrected chi connectivity index (χ0v) is 21.1. The van der Waals surface area contributed by atoms with Crippen molar-refractivity contribution in [2.24, 2.45) is 5.92 Å². The Balaban J connectivity index is 1.74. The minimum absolute atomic E-state index is 0.201. The van der Waals surface area contributed by atoms with E-state index in [0.717, 1.165) is 11.1 Å². The molecule has 0 spiro atoms. The highest BCUT2D eigenvalue weighted by Crippen LogP contribution is 2.33. The lowest BCUT2D eigenvalue weighted by Crippen LogP contribution is -2.37. The van der Waals surface area contributed by atoms with Crippen molar-refractivity contribution >= 4 is 23.2 Å². The molecule has 1 amide bonds. The lowest BCUT2D eigenvalue weighted by atomic mass is 9.98. The average Bonchev–Trinajstić information content (AvgIpc) is 3.02. The molecule has 3 aromatic rings. The molecular weight excluding hydrogens is 448 g/mol. The van der Waals surface area contributed by atoms with Crippen molar-refractivity contribution in [1.82, 2.24) is 19.9 Å². The molecule has 0 bridgehead atoms. The number of H-pyrrole nitrogens is 1. The van der Waals surface area contributed by atoms with E-state index in [4.69, 9.17) is 14.2 Å². The number of aryl methyl sites for hydroxylation is 1. The second kappa shape index (κ2) is 9.56. The molecule has 0 unspecified atom stereocenters. The minimum atomic E-state index is -0.594. The number of carbonyl (C=O) groups excluding carboxylic acids is 2. The molecule has 4 rings (SSSR count). The number of aromatic amines is 1. The summed E-state index contributed by atoms with van der Waals surface area (Å²) >= 11 is 0. The van der Waals surface area contributed by atoms with Gasteiger partial charge in [0.15, 0.2) is 5.65 Å². The molecule has 2 aromatic heterocycles. The normalized spacial score (nSPS) is 13.9. The van der Waals surface area contributed by atoms with Crippen LogP contribution in [0.1, 0.15) is 56.4 Å². The third kappa shape index (κ3) is 5.55. The average molecular weight is 481 g/mol. The molecular formula is C26H32N4O5. The first-order valence-corrected chi connectivity index (χ1v) is 11.8. The van der Waals surface area contributed by atoms with Crippen molar-refractivity contribution in [1.29, 1.82) is 0 Å². The summed E-state index contributed by atoms with van der Waals surface area (Å²) in [5, 5.41) is 0. The van der Waals surface area contributed by atoms with Crippen LogP contribution in [0, 0.1) is 12.8 Å². The molecule has 9 nitrogen and oxygen atoms in total. The molecule has 0 saturated carbocycles. The van der Waals surface area contributed by atoms with E-state index in [-0.39, 0.29) is 5.92 Å². The highest BCUT2D eigenvalue weighted by molar-refractivity contribution is 6.07. The number of esters is 1. The highest BCUT2D eigenvalue weighted by atomic mass is 16.6. The Morgan fingerprint density at radius 1 is 1.26 bits per heavy atom.